The first-order chi connectivity index (χ1) is 14.2. The fourth-order valence-corrected chi connectivity index (χ4v) is 4.75. The predicted octanol–water partition coefficient (Wildman–Crippen LogP) is 3.11. The van der Waals surface area contributed by atoms with Crippen LogP contribution in [0.4, 0.5) is 0 Å². The van der Waals surface area contributed by atoms with E-state index in [1.165, 1.54) is 0 Å². The van der Waals surface area contributed by atoms with Crippen LogP contribution in [-0.4, -0.2) is 39.8 Å². The minimum Gasteiger partial charge on any atom is -0.486 e. The van der Waals surface area contributed by atoms with Crippen LogP contribution < -0.4 is 10.2 Å². The summed E-state index contributed by atoms with van der Waals surface area (Å²) in [6, 6.07) is 7.05. The zero-order chi connectivity index (χ0) is 21.6. The van der Waals surface area contributed by atoms with Crippen molar-refractivity contribution in [1.29, 1.82) is 0 Å². The number of aryl methyl sites for hydroxylation is 4. The van der Waals surface area contributed by atoms with Gasteiger partial charge in [0.05, 0.1) is 12.0 Å². The van der Waals surface area contributed by atoms with Gasteiger partial charge in [-0.1, -0.05) is 6.07 Å². The van der Waals surface area contributed by atoms with Gasteiger partial charge in [0.1, 0.15) is 17.9 Å². The monoisotopic (exact) mass is 408 g/mol. The molecule has 2 aliphatic rings. The number of Topliss-reactive ketones (excluding diaryl/α,β-unsaturated/α-hetero) is 1. The summed E-state index contributed by atoms with van der Waals surface area (Å²) in [4.78, 5) is 39.2. The Morgan fingerprint density at radius 2 is 1.63 bits per heavy atom. The minimum absolute atomic E-state index is 0.0223. The molecule has 3 heterocycles. The van der Waals surface area contributed by atoms with Crippen molar-refractivity contribution in [2.24, 2.45) is 0 Å². The SMILES string of the molecule is Cc1cc(C)c2c(c1)C(=O)CC1(CCN(C(=O)Cn3c(C)cc(=O)cc3C)CC1)O2. The number of piperidine rings is 1. The first-order valence-electron chi connectivity index (χ1n) is 10.5. The Kier molecular flexibility index (Phi) is 5.04. The zero-order valence-corrected chi connectivity index (χ0v) is 18.1. The number of aromatic nitrogens is 1. The van der Waals surface area contributed by atoms with Crippen LogP contribution in [0.5, 0.6) is 5.75 Å². The Labute approximate surface area is 176 Å². The second-order valence-electron chi connectivity index (χ2n) is 8.78. The number of carbonyl (C=O) groups excluding carboxylic acids is 2. The molecule has 0 unspecified atom stereocenters. The number of ether oxygens (including phenoxy) is 1. The number of amides is 1. The van der Waals surface area contributed by atoms with Gasteiger partial charge in [0, 0.05) is 49.5 Å². The highest BCUT2D eigenvalue weighted by molar-refractivity contribution is 6.01. The van der Waals surface area contributed by atoms with E-state index in [1.807, 2.05) is 49.3 Å². The largest absolute Gasteiger partial charge is 0.486 e. The molecule has 1 fully saturated rings. The number of likely N-dealkylation sites (tertiary alicyclic amines) is 1. The number of hydrogen-bond acceptors (Lipinski definition) is 4. The third kappa shape index (κ3) is 3.66. The maximum Gasteiger partial charge on any atom is 0.242 e. The number of nitrogens with zero attached hydrogens (tertiary/aromatic N) is 2. The van der Waals surface area contributed by atoms with E-state index in [0.717, 1.165) is 22.5 Å². The molecule has 6 heteroatoms. The van der Waals surface area contributed by atoms with Gasteiger partial charge >= 0.3 is 0 Å². The first kappa shape index (κ1) is 20.4. The number of benzene rings is 1. The van der Waals surface area contributed by atoms with Gasteiger partial charge in [0.2, 0.25) is 5.91 Å². The van der Waals surface area contributed by atoms with Crippen molar-refractivity contribution in [2.45, 2.75) is 59.1 Å². The van der Waals surface area contributed by atoms with E-state index in [2.05, 4.69) is 0 Å². The summed E-state index contributed by atoms with van der Waals surface area (Å²) in [5.74, 6) is 0.854. The van der Waals surface area contributed by atoms with Crippen LogP contribution in [0.1, 0.15) is 52.1 Å². The molecule has 2 aliphatic heterocycles. The van der Waals surface area contributed by atoms with Crippen LogP contribution in [0.2, 0.25) is 0 Å². The summed E-state index contributed by atoms with van der Waals surface area (Å²) in [6.45, 7) is 8.99. The van der Waals surface area contributed by atoms with E-state index in [4.69, 9.17) is 4.74 Å². The number of fused-ring (bicyclic) bond motifs is 1. The normalized spacial score (nSPS) is 17.6. The molecule has 1 saturated heterocycles. The average Bonchev–Trinajstić information content (AvgIpc) is 2.66. The van der Waals surface area contributed by atoms with Gasteiger partial charge in [-0.15, -0.1) is 0 Å². The van der Waals surface area contributed by atoms with Gasteiger partial charge in [-0.2, -0.15) is 0 Å². The Morgan fingerprint density at radius 3 is 2.27 bits per heavy atom. The maximum absolute atomic E-state index is 12.9. The highest BCUT2D eigenvalue weighted by Gasteiger charge is 2.44. The van der Waals surface area contributed by atoms with Crippen LogP contribution in [-0.2, 0) is 11.3 Å². The van der Waals surface area contributed by atoms with Crippen LogP contribution >= 0.6 is 0 Å². The number of carbonyl (C=O) groups is 2. The summed E-state index contributed by atoms with van der Waals surface area (Å²) in [7, 11) is 0. The predicted molar refractivity (Wildman–Crippen MR) is 114 cm³/mol. The van der Waals surface area contributed by atoms with E-state index in [0.29, 0.717) is 43.7 Å². The van der Waals surface area contributed by atoms with Crippen molar-refractivity contribution in [3.8, 4) is 5.75 Å². The number of ketones is 1. The summed E-state index contributed by atoms with van der Waals surface area (Å²) in [6.07, 6.45) is 1.64. The van der Waals surface area contributed by atoms with Crippen molar-refractivity contribution in [2.75, 3.05) is 13.1 Å². The molecule has 158 valence electrons. The fraction of sp³-hybridized carbons (Fsp3) is 0.458. The van der Waals surface area contributed by atoms with E-state index in [-0.39, 0.29) is 23.7 Å². The van der Waals surface area contributed by atoms with Gasteiger partial charge in [0.25, 0.3) is 0 Å². The molecule has 1 aromatic carbocycles. The molecule has 1 spiro atoms. The van der Waals surface area contributed by atoms with Crippen LogP contribution in [0.25, 0.3) is 0 Å². The molecule has 6 nitrogen and oxygen atoms in total. The molecule has 30 heavy (non-hydrogen) atoms. The van der Waals surface area contributed by atoms with E-state index in [9.17, 15) is 14.4 Å². The lowest BCUT2D eigenvalue weighted by Gasteiger charge is -2.44. The fourth-order valence-electron chi connectivity index (χ4n) is 4.75. The van der Waals surface area contributed by atoms with Crippen molar-refractivity contribution in [1.82, 2.24) is 9.47 Å². The molecule has 4 rings (SSSR count). The first-order valence-corrected chi connectivity index (χ1v) is 10.5. The zero-order valence-electron chi connectivity index (χ0n) is 18.1. The Bertz CT molecular complexity index is 1060. The molecule has 2 aromatic rings. The molecule has 0 bridgehead atoms. The topological polar surface area (TPSA) is 68.6 Å². The van der Waals surface area contributed by atoms with Crippen LogP contribution in [0.3, 0.4) is 0 Å². The molecule has 0 aliphatic carbocycles. The lowest BCUT2D eigenvalue weighted by molar-refractivity contribution is -0.135. The lowest BCUT2D eigenvalue weighted by Crippen LogP contribution is -2.53. The smallest absolute Gasteiger partial charge is 0.242 e. The van der Waals surface area contributed by atoms with Crippen molar-refractivity contribution < 1.29 is 14.3 Å². The maximum atomic E-state index is 12.9. The quantitative estimate of drug-likeness (QED) is 0.766. The second-order valence-corrected chi connectivity index (χ2v) is 8.78. The third-order valence-electron chi connectivity index (χ3n) is 6.40. The molecule has 0 radical (unpaired) electrons. The third-order valence-corrected chi connectivity index (χ3v) is 6.40. The van der Waals surface area contributed by atoms with Crippen molar-refractivity contribution in [3.05, 3.63) is 62.6 Å². The number of rotatable bonds is 2. The average molecular weight is 408 g/mol. The van der Waals surface area contributed by atoms with Crippen LogP contribution in [0.15, 0.2) is 29.1 Å². The lowest BCUT2D eigenvalue weighted by atomic mass is 9.81. The number of pyridine rings is 1. The van der Waals surface area contributed by atoms with Gasteiger partial charge in [-0.05, 0) is 44.9 Å². The standard InChI is InChI=1S/C24H28N2O4/c1-15-9-16(2)23-20(10-15)21(28)13-24(30-23)5-7-25(8-6-24)22(29)14-26-17(3)11-19(27)12-18(26)4/h9-12H,5-8,13-14H2,1-4H3. The van der Waals surface area contributed by atoms with Crippen molar-refractivity contribution in [3.63, 3.8) is 0 Å². The van der Waals surface area contributed by atoms with Gasteiger partial charge in [-0.25, -0.2) is 0 Å². The Balaban J connectivity index is 1.47. The molecular formula is C24H28N2O4. The molecule has 1 amide bonds. The van der Waals surface area contributed by atoms with E-state index in [1.54, 1.807) is 12.1 Å². The van der Waals surface area contributed by atoms with E-state index >= 15 is 0 Å². The molecule has 0 saturated carbocycles. The second kappa shape index (κ2) is 7.42. The summed E-state index contributed by atoms with van der Waals surface area (Å²) < 4.78 is 8.29. The highest BCUT2D eigenvalue weighted by atomic mass is 16.5. The summed E-state index contributed by atoms with van der Waals surface area (Å²) in [5.41, 5.74) is 3.73. The molecule has 0 N–H and O–H groups in total. The Morgan fingerprint density at radius 1 is 1.00 bits per heavy atom. The van der Waals surface area contributed by atoms with E-state index < -0.39 is 5.60 Å². The summed E-state index contributed by atoms with van der Waals surface area (Å²) >= 11 is 0. The van der Waals surface area contributed by atoms with Gasteiger partial charge < -0.3 is 14.2 Å². The molecule has 0 atom stereocenters. The minimum atomic E-state index is -0.524. The number of hydrogen-bond donors (Lipinski definition) is 0. The van der Waals surface area contributed by atoms with Gasteiger partial charge in [0.15, 0.2) is 11.2 Å². The highest BCUT2D eigenvalue weighted by Crippen LogP contribution is 2.41. The van der Waals surface area contributed by atoms with Gasteiger partial charge in [-0.3, -0.25) is 14.4 Å². The summed E-state index contributed by atoms with van der Waals surface area (Å²) in [5, 5.41) is 0. The molecule has 1 aromatic heterocycles. The molecular weight excluding hydrogens is 380 g/mol. The van der Waals surface area contributed by atoms with Crippen molar-refractivity contribution >= 4 is 11.7 Å². The van der Waals surface area contributed by atoms with Crippen LogP contribution in [0, 0.1) is 27.7 Å². The Hall–Kier alpha value is -2.89.